The van der Waals surface area contributed by atoms with E-state index in [1.54, 1.807) is 55.6 Å². The van der Waals surface area contributed by atoms with Crippen LogP contribution in [0.5, 0.6) is 17.2 Å². The molecule has 1 aliphatic rings. The van der Waals surface area contributed by atoms with E-state index in [1.165, 1.54) is 6.07 Å². The lowest BCUT2D eigenvalue weighted by atomic mass is 9.82. The van der Waals surface area contributed by atoms with Crippen LogP contribution in [0.2, 0.25) is 0 Å². The summed E-state index contributed by atoms with van der Waals surface area (Å²) in [7, 11) is 1.55. The number of benzene rings is 3. The minimum atomic E-state index is -0.347. The number of nitrogens with two attached hydrogens (primary N) is 2. The second kappa shape index (κ2) is 6.17. The first-order valence-corrected chi connectivity index (χ1v) is 8.23. The molecule has 0 aliphatic heterocycles. The molecular weight excluding hydrogens is 344 g/mol. The third-order valence-electron chi connectivity index (χ3n) is 4.50. The number of rotatable bonds is 3. The number of ether oxygens (including phenoxy) is 2. The molecule has 1 aliphatic carbocycles. The average Bonchev–Trinajstić information content (AvgIpc) is 2.68. The zero-order chi connectivity index (χ0) is 19.1. The highest BCUT2D eigenvalue weighted by molar-refractivity contribution is 6.32. The standard InChI is InChI=1S/C21H16N2O4/c1-26-11-5-4-6-12(9-11)27-16-10-15(22)17-18(19(16)23)21(25)14-8-3-2-7-13(14)20(17)24/h2-10H,22-23H2,1H3. The molecule has 27 heavy (non-hydrogen) atoms. The van der Waals surface area contributed by atoms with Gasteiger partial charge >= 0.3 is 0 Å². The van der Waals surface area contributed by atoms with Crippen molar-refractivity contribution in [1.29, 1.82) is 0 Å². The minimum absolute atomic E-state index is 0.0786. The third-order valence-corrected chi connectivity index (χ3v) is 4.50. The fourth-order valence-electron chi connectivity index (χ4n) is 3.20. The van der Waals surface area contributed by atoms with E-state index in [0.29, 0.717) is 22.6 Å². The Morgan fingerprint density at radius 1 is 0.778 bits per heavy atom. The molecule has 3 aromatic rings. The van der Waals surface area contributed by atoms with Crippen LogP contribution < -0.4 is 20.9 Å². The molecule has 6 heteroatoms. The summed E-state index contributed by atoms with van der Waals surface area (Å²) in [6.07, 6.45) is 0. The number of hydrogen-bond donors (Lipinski definition) is 2. The normalized spacial score (nSPS) is 12.3. The first kappa shape index (κ1) is 16.7. The van der Waals surface area contributed by atoms with Crippen LogP contribution >= 0.6 is 0 Å². The largest absolute Gasteiger partial charge is 0.497 e. The van der Waals surface area contributed by atoms with Crippen molar-refractivity contribution in [3.8, 4) is 17.2 Å². The van der Waals surface area contributed by atoms with Gasteiger partial charge in [-0.05, 0) is 12.1 Å². The summed E-state index contributed by atoms with van der Waals surface area (Å²) in [4.78, 5) is 25.8. The average molecular weight is 360 g/mol. The minimum Gasteiger partial charge on any atom is -0.497 e. The lowest BCUT2D eigenvalue weighted by Gasteiger charge is -2.22. The number of hydrogen-bond acceptors (Lipinski definition) is 6. The monoisotopic (exact) mass is 360 g/mol. The highest BCUT2D eigenvalue weighted by Crippen LogP contribution is 2.41. The Labute approximate surface area is 155 Å². The molecule has 0 saturated heterocycles. The van der Waals surface area contributed by atoms with Crippen LogP contribution in [0, 0.1) is 0 Å². The van der Waals surface area contributed by atoms with Crippen LogP contribution in [0.25, 0.3) is 0 Å². The van der Waals surface area contributed by atoms with Crippen molar-refractivity contribution < 1.29 is 19.1 Å². The predicted molar refractivity (Wildman–Crippen MR) is 102 cm³/mol. The van der Waals surface area contributed by atoms with Gasteiger partial charge < -0.3 is 20.9 Å². The summed E-state index contributed by atoms with van der Waals surface area (Å²) in [5.41, 5.74) is 13.4. The van der Waals surface area contributed by atoms with Crippen LogP contribution in [0.3, 0.4) is 0 Å². The van der Waals surface area contributed by atoms with Gasteiger partial charge in [0.05, 0.1) is 23.9 Å². The van der Waals surface area contributed by atoms with E-state index in [-0.39, 0.29) is 39.8 Å². The van der Waals surface area contributed by atoms with E-state index in [0.717, 1.165) is 0 Å². The summed E-state index contributed by atoms with van der Waals surface area (Å²) < 4.78 is 11.0. The van der Waals surface area contributed by atoms with Gasteiger partial charge in [0, 0.05) is 28.9 Å². The van der Waals surface area contributed by atoms with Crippen molar-refractivity contribution >= 4 is 22.9 Å². The van der Waals surface area contributed by atoms with Gasteiger partial charge in [0.15, 0.2) is 17.3 Å². The van der Waals surface area contributed by atoms with Crippen molar-refractivity contribution in [2.45, 2.75) is 0 Å². The van der Waals surface area contributed by atoms with Crippen molar-refractivity contribution in [3.05, 3.63) is 76.9 Å². The van der Waals surface area contributed by atoms with E-state index in [9.17, 15) is 9.59 Å². The Hall–Kier alpha value is -3.80. The van der Waals surface area contributed by atoms with Crippen molar-refractivity contribution in [3.63, 3.8) is 0 Å². The molecule has 134 valence electrons. The Morgan fingerprint density at radius 3 is 2.07 bits per heavy atom. The molecule has 0 fully saturated rings. The highest BCUT2D eigenvalue weighted by Gasteiger charge is 2.34. The zero-order valence-corrected chi connectivity index (χ0v) is 14.5. The topological polar surface area (TPSA) is 105 Å². The van der Waals surface area contributed by atoms with E-state index < -0.39 is 0 Å². The molecule has 4 N–H and O–H groups in total. The summed E-state index contributed by atoms with van der Waals surface area (Å²) >= 11 is 0. The van der Waals surface area contributed by atoms with Crippen molar-refractivity contribution in [2.24, 2.45) is 0 Å². The number of carbonyl (C=O) groups excluding carboxylic acids is 2. The second-order valence-corrected chi connectivity index (χ2v) is 6.11. The van der Waals surface area contributed by atoms with Gasteiger partial charge in [0.25, 0.3) is 0 Å². The smallest absolute Gasteiger partial charge is 0.196 e. The van der Waals surface area contributed by atoms with Gasteiger partial charge in [-0.15, -0.1) is 0 Å². The number of nitrogen functional groups attached to an aromatic ring is 2. The lowest BCUT2D eigenvalue weighted by molar-refractivity contribution is 0.0980. The number of ketones is 2. The number of fused-ring (bicyclic) bond motifs is 2. The SMILES string of the molecule is COc1cccc(Oc2cc(N)c3c(c2N)C(=O)c2ccccc2C3=O)c1. The maximum absolute atomic E-state index is 13.0. The quantitative estimate of drug-likeness (QED) is 0.542. The second-order valence-electron chi connectivity index (χ2n) is 6.11. The third kappa shape index (κ3) is 2.58. The molecule has 0 heterocycles. The molecule has 0 aromatic heterocycles. The van der Waals surface area contributed by atoms with Crippen LogP contribution in [0.4, 0.5) is 11.4 Å². The molecular formula is C21H16N2O4. The van der Waals surface area contributed by atoms with Gasteiger partial charge in [0.2, 0.25) is 0 Å². The van der Waals surface area contributed by atoms with Gasteiger partial charge in [-0.1, -0.05) is 30.3 Å². The Balaban J connectivity index is 1.85. The first-order chi connectivity index (χ1) is 13.0. The van der Waals surface area contributed by atoms with E-state index in [2.05, 4.69) is 0 Å². The molecule has 6 nitrogen and oxygen atoms in total. The number of anilines is 2. The van der Waals surface area contributed by atoms with E-state index in [1.807, 2.05) is 0 Å². The first-order valence-electron chi connectivity index (χ1n) is 8.23. The molecule has 0 radical (unpaired) electrons. The van der Waals surface area contributed by atoms with Gasteiger partial charge in [-0.3, -0.25) is 9.59 Å². The molecule has 0 atom stereocenters. The number of methoxy groups -OCH3 is 1. The van der Waals surface area contributed by atoms with E-state index >= 15 is 0 Å². The van der Waals surface area contributed by atoms with Crippen LogP contribution in [0.1, 0.15) is 31.8 Å². The Morgan fingerprint density at radius 2 is 1.41 bits per heavy atom. The predicted octanol–water partition coefficient (Wildman–Crippen LogP) is 3.43. The van der Waals surface area contributed by atoms with Gasteiger partial charge in [0.1, 0.15) is 11.5 Å². The molecule has 0 bridgehead atoms. The molecule has 0 amide bonds. The molecule has 0 unspecified atom stereocenters. The van der Waals surface area contributed by atoms with Crippen molar-refractivity contribution in [2.75, 3.05) is 18.6 Å². The van der Waals surface area contributed by atoms with E-state index in [4.69, 9.17) is 20.9 Å². The molecule has 3 aromatic carbocycles. The maximum atomic E-state index is 13.0. The lowest BCUT2D eigenvalue weighted by Crippen LogP contribution is -2.24. The summed E-state index contributed by atoms with van der Waals surface area (Å²) in [6.45, 7) is 0. The Bertz CT molecular complexity index is 1110. The fraction of sp³-hybridized carbons (Fsp3) is 0.0476. The maximum Gasteiger partial charge on any atom is 0.196 e. The molecule has 4 rings (SSSR count). The summed E-state index contributed by atoms with van der Waals surface area (Å²) in [5, 5.41) is 0. The number of carbonyl (C=O) groups is 2. The highest BCUT2D eigenvalue weighted by atomic mass is 16.5. The fourth-order valence-corrected chi connectivity index (χ4v) is 3.20. The van der Waals surface area contributed by atoms with Crippen molar-refractivity contribution in [1.82, 2.24) is 0 Å². The zero-order valence-electron chi connectivity index (χ0n) is 14.5. The summed E-state index contributed by atoms with van der Waals surface area (Å²) in [6, 6.07) is 15.0. The van der Waals surface area contributed by atoms with Crippen LogP contribution in [0.15, 0.2) is 54.6 Å². The van der Waals surface area contributed by atoms with Gasteiger partial charge in [-0.25, -0.2) is 0 Å². The van der Waals surface area contributed by atoms with Crippen LogP contribution in [-0.2, 0) is 0 Å². The van der Waals surface area contributed by atoms with Gasteiger partial charge in [-0.2, -0.15) is 0 Å². The summed E-state index contributed by atoms with van der Waals surface area (Å²) in [5.74, 6) is 0.616. The molecule has 0 spiro atoms. The molecule has 0 saturated carbocycles. The van der Waals surface area contributed by atoms with Crippen LogP contribution in [-0.4, -0.2) is 18.7 Å². The Kier molecular flexibility index (Phi) is 3.81.